The number of amides is 1. The molecule has 0 rings (SSSR count). The first kappa shape index (κ1) is 16.3. The van der Waals surface area contributed by atoms with E-state index in [0.29, 0.717) is 6.54 Å². The molecule has 1 atom stereocenters. The van der Waals surface area contributed by atoms with E-state index in [2.05, 4.69) is 0 Å². The van der Waals surface area contributed by atoms with E-state index in [4.69, 9.17) is 18.0 Å². The molecular weight excluding hydrogens is 236 g/mol. The highest BCUT2D eigenvalue weighted by molar-refractivity contribution is 7.80. The van der Waals surface area contributed by atoms with Crippen LogP contribution < -0.4 is 5.73 Å². The molecule has 1 unspecified atom stereocenters. The highest BCUT2D eigenvalue weighted by atomic mass is 32.1. The molecule has 0 aliphatic heterocycles. The van der Waals surface area contributed by atoms with Gasteiger partial charge in [0.2, 0.25) is 5.91 Å². The summed E-state index contributed by atoms with van der Waals surface area (Å²) in [6.45, 7) is 9.88. The number of likely N-dealkylation sites (N-methyl/N-ethyl adjacent to an activating group) is 1. The molecule has 0 saturated heterocycles. The van der Waals surface area contributed by atoms with E-state index < -0.39 is 11.5 Å². The van der Waals surface area contributed by atoms with Crippen molar-refractivity contribution in [3.8, 4) is 0 Å². The SMILES string of the molecule is CCN(CC(C)(C)O)C(=O)C(C(N)=S)C(C)C. The number of nitrogens with zero attached hydrogens (tertiary/aromatic N) is 1. The quantitative estimate of drug-likeness (QED) is 0.703. The predicted molar refractivity (Wildman–Crippen MR) is 73.7 cm³/mol. The van der Waals surface area contributed by atoms with Gasteiger partial charge in [-0.1, -0.05) is 26.1 Å². The number of carbonyl (C=O) groups excluding carboxylic acids is 1. The lowest BCUT2D eigenvalue weighted by Gasteiger charge is -2.32. The summed E-state index contributed by atoms with van der Waals surface area (Å²) in [5.41, 5.74) is 4.70. The minimum Gasteiger partial charge on any atom is -0.393 e. The number of carbonyl (C=O) groups is 1. The Kier molecular flexibility index (Phi) is 6.05. The fourth-order valence-corrected chi connectivity index (χ4v) is 2.12. The molecule has 0 aromatic rings. The van der Waals surface area contributed by atoms with Crippen LogP contribution in [-0.4, -0.2) is 39.6 Å². The van der Waals surface area contributed by atoms with Crippen molar-refractivity contribution in [3.05, 3.63) is 0 Å². The Morgan fingerprint density at radius 3 is 2.18 bits per heavy atom. The number of hydrogen-bond donors (Lipinski definition) is 2. The maximum absolute atomic E-state index is 12.3. The van der Waals surface area contributed by atoms with Gasteiger partial charge in [-0.2, -0.15) is 0 Å². The molecule has 0 aromatic carbocycles. The Morgan fingerprint density at radius 2 is 1.94 bits per heavy atom. The summed E-state index contributed by atoms with van der Waals surface area (Å²) in [4.78, 5) is 14.1. The molecule has 0 bridgehead atoms. The lowest BCUT2D eigenvalue weighted by atomic mass is 9.93. The third-order valence-electron chi connectivity index (χ3n) is 2.51. The first-order chi connectivity index (χ1) is 7.60. The fourth-order valence-electron chi connectivity index (χ4n) is 1.74. The van der Waals surface area contributed by atoms with Crippen molar-refractivity contribution < 1.29 is 9.90 Å². The van der Waals surface area contributed by atoms with Gasteiger partial charge < -0.3 is 15.7 Å². The van der Waals surface area contributed by atoms with Crippen LogP contribution in [0.3, 0.4) is 0 Å². The molecule has 1 amide bonds. The van der Waals surface area contributed by atoms with Crippen molar-refractivity contribution in [2.45, 2.75) is 40.2 Å². The Balaban J connectivity index is 4.89. The van der Waals surface area contributed by atoms with Crippen LogP contribution in [0.4, 0.5) is 0 Å². The third kappa shape index (κ3) is 5.46. The topological polar surface area (TPSA) is 66.6 Å². The zero-order valence-corrected chi connectivity index (χ0v) is 12.2. The molecule has 0 aromatic heterocycles. The van der Waals surface area contributed by atoms with E-state index in [1.54, 1.807) is 18.7 Å². The first-order valence-corrected chi connectivity index (χ1v) is 6.31. The van der Waals surface area contributed by atoms with Gasteiger partial charge in [-0.15, -0.1) is 0 Å². The van der Waals surface area contributed by atoms with Gasteiger partial charge in [0.1, 0.15) is 0 Å². The second-order valence-electron chi connectivity index (χ2n) is 5.29. The molecule has 0 aliphatic carbocycles. The van der Waals surface area contributed by atoms with Crippen LogP contribution in [-0.2, 0) is 4.79 Å². The van der Waals surface area contributed by atoms with E-state index in [9.17, 15) is 9.90 Å². The van der Waals surface area contributed by atoms with Gasteiger partial charge in [0, 0.05) is 13.1 Å². The van der Waals surface area contributed by atoms with E-state index in [0.717, 1.165) is 0 Å². The summed E-state index contributed by atoms with van der Waals surface area (Å²) < 4.78 is 0. The summed E-state index contributed by atoms with van der Waals surface area (Å²) in [5, 5.41) is 9.77. The minimum atomic E-state index is -0.913. The second-order valence-corrected chi connectivity index (χ2v) is 5.76. The zero-order valence-electron chi connectivity index (χ0n) is 11.4. The molecular formula is C12H24N2O2S. The molecule has 4 nitrogen and oxygen atoms in total. The van der Waals surface area contributed by atoms with E-state index in [1.807, 2.05) is 20.8 Å². The molecule has 17 heavy (non-hydrogen) atoms. The fraction of sp³-hybridized carbons (Fsp3) is 0.833. The van der Waals surface area contributed by atoms with Crippen LogP contribution in [0.5, 0.6) is 0 Å². The zero-order chi connectivity index (χ0) is 13.8. The van der Waals surface area contributed by atoms with Gasteiger partial charge in [-0.3, -0.25) is 4.79 Å². The summed E-state index contributed by atoms with van der Waals surface area (Å²) >= 11 is 4.95. The Labute approximate surface area is 109 Å². The number of aliphatic hydroxyl groups is 1. The molecule has 0 radical (unpaired) electrons. The van der Waals surface area contributed by atoms with E-state index >= 15 is 0 Å². The van der Waals surface area contributed by atoms with Crippen LogP contribution in [0, 0.1) is 11.8 Å². The molecule has 0 spiro atoms. The molecule has 0 heterocycles. The van der Waals surface area contributed by atoms with Crippen LogP contribution in [0.1, 0.15) is 34.6 Å². The minimum absolute atomic E-state index is 0.0656. The van der Waals surface area contributed by atoms with Gasteiger partial charge >= 0.3 is 0 Å². The Hall–Kier alpha value is -0.680. The second kappa shape index (κ2) is 6.31. The normalized spacial score (nSPS) is 13.6. The van der Waals surface area contributed by atoms with Crippen LogP contribution in [0.25, 0.3) is 0 Å². The van der Waals surface area contributed by atoms with Crippen molar-refractivity contribution in [1.29, 1.82) is 0 Å². The number of hydrogen-bond acceptors (Lipinski definition) is 3. The molecule has 0 saturated carbocycles. The summed E-state index contributed by atoms with van der Waals surface area (Å²) in [7, 11) is 0. The number of nitrogens with two attached hydrogens (primary N) is 1. The lowest BCUT2D eigenvalue weighted by Crippen LogP contribution is -2.48. The van der Waals surface area contributed by atoms with Gasteiger partial charge in [0.15, 0.2) is 0 Å². The van der Waals surface area contributed by atoms with E-state index in [1.165, 1.54) is 0 Å². The van der Waals surface area contributed by atoms with Crippen molar-refractivity contribution in [3.63, 3.8) is 0 Å². The summed E-state index contributed by atoms with van der Waals surface area (Å²) in [6, 6.07) is 0. The van der Waals surface area contributed by atoms with Gasteiger partial charge in [-0.25, -0.2) is 0 Å². The summed E-state index contributed by atoms with van der Waals surface area (Å²) in [5.74, 6) is -0.486. The van der Waals surface area contributed by atoms with Crippen LogP contribution in [0.2, 0.25) is 0 Å². The van der Waals surface area contributed by atoms with Crippen molar-refractivity contribution in [2.75, 3.05) is 13.1 Å². The first-order valence-electron chi connectivity index (χ1n) is 5.90. The van der Waals surface area contributed by atoms with Crippen molar-refractivity contribution in [2.24, 2.45) is 17.6 Å². The molecule has 0 fully saturated rings. The smallest absolute Gasteiger partial charge is 0.232 e. The molecule has 5 heteroatoms. The van der Waals surface area contributed by atoms with Crippen molar-refractivity contribution >= 4 is 23.1 Å². The highest BCUT2D eigenvalue weighted by Crippen LogP contribution is 2.16. The summed E-state index contributed by atoms with van der Waals surface area (Å²) in [6.07, 6.45) is 0. The number of rotatable bonds is 6. The third-order valence-corrected chi connectivity index (χ3v) is 2.76. The van der Waals surface area contributed by atoms with Gasteiger partial charge in [-0.05, 0) is 26.7 Å². The Bertz CT molecular complexity index is 285. The lowest BCUT2D eigenvalue weighted by molar-refractivity contribution is -0.137. The predicted octanol–water partition coefficient (Wildman–Crippen LogP) is 1.16. The van der Waals surface area contributed by atoms with Gasteiger partial charge in [0.25, 0.3) is 0 Å². The monoisotopic (exact) mass is 260 g/mol. The highest BCUT2D eigenvalue weighted by Gasteiger charge is 2.31. The average molecular weight is 260 g/mol. The molecule has 0 aliphatic rings. The van der Waals surface area contributed by atoms with E-state index in [-0.39, 0.29) is 23.4 Å². The molecule has 3 N–H and O–H groups in total. The van der Waals surface area contributed by atoms with Crippen molar-refractivity contribution in [1.82, 2.24) is 4.90 Å². The van der Waals surface area contributed by atoms with Gasteiger partial charge in [0.05, 0.1) is 16.5 Å². The average Bonchev–Trinajstić information content (AvgIpc) is 2.11. The van der Waals surface area contributed by atoms with Crippen LogP contribution in [0.15, 0.2) is 0 Å². The maximum Gasteiger partial charge on any atom is 0.232 e. The Morgan fingerprint density at radius 1 is 1.47 bits per heavy atom. The standard InChI is InChI=1S/C12H24N2O2S/c1-6-14(7-12(4,5)16)11(15)9(8(2)3)10(13)17/h8-9,16H,6-7H2,1-5H3,(H2,13,17). The maximum atomic E-state index is 12.3. The largest absolute Gasteiger partial charge is 0.393 e. The number of thiocarbonyl (C=S) groups is 1. The molecule has 100 valence electrons. The van der Waals surface area contributed by atoms with Crippen LogP contribution >= 0.6 is 12.2 Å².